The normalized spacial score (nSPS) is 39.7. The van der Waals surface area contributed by atoms with Crippen molar-refractivity contribution in [3.8, 4) is 22.4 Å². The summed E-state index contributed by atoms with van der Waals surface area (Å²) in [6.45, 7) is 14.1. The minimum atomic E-state index is -1.41. The van der Waals surface area contributed by atoms with Gasteiger partial charge < -0.3 is 39.0 Å². The van der Waals surface area contributed by atoms with Crippen molar-refractivity contribution in [3.05, 3.63) is 41.4 Å². The van der Waals surface area contributed by atoms with E-state index in [4.69, 9.17) is 23.7 Å². The van der Waals surface area contributed by atoms with E-state index in [1.54, 1.807) is 27.0 Å². The van der Waals surface area contributed by atoms with Crippen molar-refractivity contribution in [2.75, 3.05) is 27.2 Å². The number of aliphatic hydroxyl groups excluding tert-OH is 1. The zero-order chi connectivity index (χ0) is 42.3. The summed E-state index contributed by atoms with van der Waals surface area (Å²) >= 11 is 1.50. The number of esters is 2. The van der Waals surface area contributed by atoms with Gasteiger partial charge in [0.05, 0.1) is 33.3 Å². The molecule has 14 heteroatoms. The first kappa shape index (κ1) is 44.0. The molecule has 6 rings (SSSR count). The van der Waals surface area contributed by atoms with E-state index in [-0.39, 0.29) is 43.9 Å². The van der Waals surface area contributed by atoms with Gasteiger partial charge in [-0.05, 0) is 85.3 Å². The van der Waals surface area contributed by atoms with Crippen molar-refractivity contribution < 1.29 is 48.0 Å². The minimum absolute atomic E-state index is 0.0721. The molecule has 4 aliphatic heterocycles. The maximum atomic E-state index is 15.0. The third-order valence-electron chi connectivity index (χ3n) is 12.9. The van der Waals surface area contributed by atoms with E-state index in [1.165, 1.54) is 18.3 Å². The maximum absolute atomic E-state index is 15.0. The molecule has 4 fully saturated rings. The summed E-state index contributed by atoms with van der Waals surface area (Å²) in [5.74, 6) is 0.766. The summed E-state index contributed by atoms with van der Waals surface area (Å²) < 4.78 is 31.9. The SMILES string of the molecule is CC[C@H]1OC(=O)[C@H](C)C(=O)[C@H](C)[C@@H](O[C@@H]2O[C@H](C)C[C@H](N(C)C)[C@H]2O)[C@@](C)(OCC#Cc2ccc(-c3ccccn3)s2)C[C@@H](C)C(=O)[C@]2(C)CN[C@H]3C(=O)O[C@@]1(C)[C@H]32. The van der Waals surface area contributed by atoms with Gasteiger partial charge in [-0.15, -0.1) is 11.3 Å². The van der Waals surface area contributed by atoms with Gasteiger partial charge >= 0.3 is 11.9 Å². The Balaban J connectivity index is 1.41. The number of nitrogens with zero attached hydrogens (tertiary/aromatic N) is 2. The second-order valence-corrected chi connectivity index (χ2v) is 18.6. The molecular weight excluding hydrogens is 763 g/mol. The van der Waals surface area contributed by atoms with Crippen LogP contribution in [0.4, 0.5) is 0 Å². The lowest BCUT2D eigenvalue weighted by molar-refractivity contribution is -0.296. The first-order valence-corrected chi connectivity index (χ1v) is 21.2. The first-order valence-electron chi connectivity index (χ1n) is 20.4. The van der Waals surface area contributed by atoms with Gasteiger partial charge in [0.2, 0.25) is 0 Å². The number of hydrogen-bond donors (Lipinski definition) is 2. The number of aliphatic hydroxyl groups is 1. The Hall–Kier alpha value is -3.55. The summed E-state index contributed by atoms with van der Waals surface area (Å²) in [6.07, 6.45) is -1.97. The molecule has 0 aromatic carbocycles. The van der Waals surface area contributed by atoms with Crippen LogP contribution in [-0.2, 0) is 42.9 Å². The number of thiophene rings is 1. The van der Waals surface area contributed by atoms with Crippen LogP contribution in [-0.4, -0.2) is 120 Å². The Kier molecular flexibility index (Phi) is 13.1. The van der Waals surface area contributed by atoms with E-state index in [9.17, 15) is 24.3 Å². The van der Waals surface area contributed by atoms with Gasteiger partial charge in [0.15, 0.2) is 17.7 Å². The predicted molar refractivity (Wildman–Crippen MR) is 216 cm³/mol. The van der Waals surface area contributed by atoms with Crippen LogP contribution in [0, 0.1) is 40.9 Å². The number of ether oxygens (including phenoxy) is 5. The maximum Gasteiger partial charge on any atom is 0.324 e. The van der Waals surface area contributed by atoms with Crippen molar-refractivity contribution in [2.45, 2.75) is 129 Å². The number of hydrogen-bond acceptors (Lipinski definition) is 14. The number of cyclic esters (lactones) is 1. The zero-order valence-corrected chi connectivity index (χ0v) is 36.1. The molecule has 2 aromatic rings. The average Bonchev–Trinajstić information content (AvgIpc) is 3.89. The topological polar surface area (TPSA) is 163 Å². The molecule has 0 amide bonds. The molecule has 4 saturated heterocycles. The molecule has 13 nitrogen and oxygen atoms in total. The molecule has 2 N–H and O–H groups in total. The van der Waals surface area contributed by atoms with Gasteiger partial charge in [-0.25, -0.2) is 0 Å². The number of nitrogens with one attached hydrogen (secondary N) is 1. The number of rotatable bonds is 7. The summed E-state index contributed by atoms with van der Waals surface area (Å²) in [6, 6.07) is 8.50. The number of carbonyl (C=O) groups excluding carboxylic acids is 4. The fraction of sp³-hybridized carbons (Fsp3) is 0.659. The Morgan fingerprint density at radius 3 is 2.47 bits per heavy atom. The number of aromatic nitrogens is 1. The Morgan fingerprint density at radius 1 is 1.05 bits per heavy atom. The summed E-state index contributed by atoms with van der Waals surface area (Å²) in [7, 11) is 3.74. The average molecular weight is 822 g/mol. The van der Waals surface area contributed by atoms with Crippen molar-refractivity contribution in [1.82, 2.24) is 15.2 Å². The van der Waals surface area contributed by atoms with Crippen LogP contribution in [0.5, 0.6) is 0 Å². The van der Waals surface area contributed by atoms with Gasteiger partial charge in [0.25, 0.3) is 0 Å². The number of pyridine rings is 1. The second-order valence-electron chi connectivity index (χ2n) is 17.5. The number of likely N-dealkylation sites (N-methyl/N-ethyl adjacent to an activating group) is 1. The zero-order valence-electron chi connectivity index (χ0n) is 35.3. The van der Waals surface area contributed by atoms with Crippen LogP contribution in [0.15, 0.2) is 36.5 Å². The highest BCUT2D eigenvalue weighted by molar-refractivity contribution is 7.16. The van der Waals surface area contributed by atoms with Crippen molar-refractivity contribution in [3.63, 3.8) is 0 Å². The molecule has 14 atom stereocenters. The Bertz CT molecular complexity index is 1910. The van der Waals surface area contributed by atoms with Crippen LogP contribution in [0.1, 0.15) is 79.5 Å². The van der Waals surface area contributed by atoms with Crippen LogP contribution in [0.3, 0.4) is 0 Å². The molecule has 4 aliphatic rings. The molecule has 0 bridgehead atoms. The lowest BCUT2D eigenvalue weighted by Crippen LogP contribution is -2.60. The molecule has 0 aliphatic carbocycles. The molecule has 6 heterocycles. The van der Waals surface area contributed by atoms with Crippen LogP contribution >= 0.6 is 11.3 Å². The fourth-order valence-electron chi connectivity index (χ4n) is 9.94. The van der Waals surface area contributed by atoms with Gasteiger partial charge in [-0.2, -0.15) is 0 Å². The predicted octanol–water partition coefficient (Wildman–Crippen LogP) is 4.43. The number of Topliss-reactive ketones (excluding diaryl/α,β-unsaturated/α-hetero) is 2. The minimum Gasteiger partial charge on any atom is -0.458 e. The molecule has 0 spiro atoms. The monoisotopic (exact) mass is 821 g/mol. The van der Waals surface area contributed by atoms with E-state index in [1.807, 2.05) is 77.0 Å². The van der Waals surface area contributed by atoms with Crippen molar-refractivity contribution in [1.29, 1.82) is 0 Å². The number of ketones is 2. The molecule has 58 heavy (non-hydrogen) atoms. The van der Waals surface area contributed by atoms with Crippen LogP contribution < -0.4 is 5.32 Å². The second kappa shape index (κ2) is 17.2. The van der Waals surface area contributed by atoms with E-state index >= 15 is 0 Å². The molecule has 0 radical (unpaired) electrons. The van der Waals surface area contributed by atoms with E-state index in [0.29, 0.717) is 6.42 Å². The third kappa shape index (κ3) is 8.29. The van der Waals surface area contributed by atoms with Gasteiger partial charge in [0, 0.05) is 42.0 Å². The molecule has 2 aromatic heterocycles. The standard InChI is InChI=1S/C44H59N3O10S/c1-11-32-44(8)36-33(40(52)57-44)46-23-42(36,6)37(50)24(2)22-43(7,53-20-14-15-28-17-18-31(58-28)29-16-12-13-19-45-29)38(26(4)34(48)27(5)39(51)55-32)56-41-35(49)30(47(9)10)21-25(3)54-41/h12-13,16-19,24-27,30,32-33,35-36,38,41,46,49H,11,20-23H2,1-10H3/t24-,25-,26+,27-,30+,32-,33-,35-,36-,38-,41+,42-,43+,44-/m1/s1. The molecule has 0 saturated carbocycles. The molecular formula is C44H59N3O10S. The van der Waals surface area contributed by atoms with Crippen LogP contribution in [0.2, 0.25) is 0 Å². The van der Waals surface area contributed by atoms with Gasteiger partial charge in [-0.1, -0.05) is 45.6 Å². The molecule has 316 valence electrons. The summed E-state index contributed by atoms with van der Waals surface area (Å²) in [4.78, 5) is 65.0. The largest absolute Gasteiger partial charge is 0.458 e. The van der Waals surface area contributed by atoms with E-state index < -0.39 is 88.7 Å². The number of carbonyl (C=O) groups is 4. The highest BCUT2D eigenvalue weighted by Crippen LogP contribution is 2.53. The Morgan fingerprint density at radius 2 is 1.79 bits per heavy atom. The Labute approximate surface area is 345 Å². The lowest BCUT2D eigenvalue weighted by Gasteiger charge is -2.47. The fourth-order valence-corrected chi connectivity index (χ4v) is 10.8. The summed E-state index contributed by atoms with van der Waals surface area (Å²) in [5.41, 5.74) is -3.02. The van der Waals surface area contributed by atoms with Crippen molar-refractivity contribution >= 4 is 34.8 Å². The van der Waals surface area contributed by atoms with Crippen molar-refractivity contribution in [2.24, 2.45) is 29.1 Å². The molecule has 0 unspecified atom stereocenters. The van der Waals surface area contributed by atoms with E-state index in [2.05, 4.69) is 22.1 Å². The third-order valence-corrected chi connectivity index (χ3v) is 14.0. The van der Waals surface area contributed by atoms with Gasteiger partial charge in [0.1, 0.15) is 36.6 Å². The first-order chi connectivity index (χ1) is 27.3. The van der Waals surface area contributed by atoms with E-state index in [0.717, 1.165) is 15.4 Å². The lowest BCUT2D eigenvalue weighted by atomic mass is 9.62. The highest BCUT2D eigenvalue weighted by atomic mass is 32.1. The van der Waals surface area contributed by atoms with Gasteiger partial charge in [-0.3, -0.25) is 24.2 Å². The smallest absolute Gasteiger partial charge is 0.324 e. The van der Waals surface area contributed by atoms with Crippen LogP contribution in [0.25, 0.3) is 10.6 Å². The highest BCUT2D eigenvalue weighted by Gasteiger charge is 2.69. The quantitative estimate of drug-likeness (QED) is 0.230. The summed E-state index contributed by atoms with van der Waals surface area (Å²) in [5, 5.41) is 14.9.